The van der Waals surface area contributed by atoms with Gasteiger partial charge in [0, 0.05) is 29.2 Å². The molecule has 0 fully saturated rings. The monoisotopic (exact) mass is 518 g/mol. The van der Waals surface area contributed by atoms with Crippen LogP contribution < -0.4 is 5.32 Å². The fourth-order valence-corrected chi connectivity index (χ4v) is 4.66. The minimum absolute atomic E-state index is 0.127. The van der Waals surface area contributed by atoms with Crippen LogP contribution in [0.1, 0.15) is 27.2 Å². The highest BCUT2D eigenvalue weighted by atomic mass is 19.1. The number of imidazole rings is 1. The van der Waals surface area contributed by atoms with Gasteiger partial charge in [-0.3, -0.25) is 15.1 Å². The maximum absolute atomic E-state index is 14.5. The molecular formula is C30H27FN8. The zero-order valence-electron chi connectivity index (χ0n) is 21.9. The molecule has 194 valence electrons. The minimum atomic E-state index is -0.356. The molecule has 0 aliphatic carbocycles. The third-order valence-electron chi connectivity index (χ3n) is 6.26. The predicted octanol–water partition coefficient (Wildman–Crippen LogP) is 7.13. The largest absolute Gasteiger partial charge is 0.358 e. The van der Waals surface area contributed by atoms with Gasteiger partial charge in [0.25, 0.3) is 0 Å². The van der Waals surface area contributed by atoms with Crippen LogP contribution in [-0.4, -0.2) is 35.1 Å². The van der Waals surface area contributed by atoms with Crippen LogP contribution in [0.25, 0.3) is 56.1 Å². The Morgan fingerprint density at radius 1 is 0.974 bits per heavy atom. The summed E-state index contributed by atoms with van der Waals surface area (Å²) >= 11 is 0. The van der Waals surface area contributed by atoms with Crippen molar-refractivity contribution in [3.05, 3.63) is 85.2 Å². The number of H-pyrrole nitrogens is 2. The molecule has 0 radical (unpaired) electrons. The fourth-order valence-electron chi connectivity index (χ4n) is 4.66. The number of hydrogen-bond donors (Lipinski definition) is 3. The van der Waals surface area contributed by atoms with Crippen molar-refractivity contribution in [3.8, 4) is 34.0 Å². The van der Waals surface area contributed by atoms with Crippen LogP contribution in [0, 0.1) is 11.2 Å². The lowest BCUT2D eigenvalue weighted by Gasteiger charge is -2.20. The molecular weight excluding hydrogens is 491 g/mol. The van der Waals surface area contributed by atoms with Gasteiger partial charge in [-0.15, -0.1) is 0 Å². The first kappa shape index (κ1) is 24.4. The van der Waals surface area contributed by atoms with Gasteiger partial charge in [-0.1, -0.05) is 39.5 Å². The van der Waals surface area contributed by atoms with Crippen LogP contribution in [0.2, 0.25) is 0 Å². The first-order chi connectivity index (χ1) is 18.7. The number of allylic oxidation sites excluding steroid dienone is 1. The molecule has 6 aromatic rings. The van der Waals surface area contributed by atoms with Crippen molar-refractivity contribution in [2.24, 2.45) is 5.41 Å². The normalized spacial score (nSPS) is 11.8. The fraction of sp³-hybridized carbons (Fsp3) is 0.167. The van der Waals surface area contributed by atoms with E-state index in [9.17, 15) is 4.39 Å². The van der Waals surface area contributed by atoms with Crippen LogP contribution in [0.4, 0.5) is 10.1 Å². The average Bonchev–Trinajstić information content (AvgIpc) is 3.51. The molecule has 6 rings (SSSR count). The summed E-state index contributed by atoms with van der Waals surface area (Å²) in [5.74, 6) is 0.157. The molecule has 0 bridgehead atoms. The van der Waals surface area contributed by atoms with Gasteiger partial charge < -0.3 is 10.3 Å². The number of rotatable bonds is 6. The average molecular weight is 519 g/mol. The van der Waals surface area contributed by atoms with Crippen molar-refractivity contribution in [3.63, 3.8) is 0 Å². The summed E-state index contributed by atoms with van der Waals surface area (Å²) in [4.78, 5) is 21.8. The number of pyridine rings is 3. The highest BCUT2D eigenvalue weighted by molar-refractivity contribution is 5.95. The quantitative estimate of drug-likeness (QED) is 0.217. The first-order valence-electron chi connectivity index (χ1n) is 12.6. The second-order valence-electron chi connectivity index (χ2n) is 10.7. The highest BCUT2D eigenvalue weighted by Crippen LogP contribution is 2.32. The third kappa shape index (κ3) is 4.86. The van der Waals surface area contributed by atoms with Gasteiger partial charge >= 0.3 is 0 Å². The first-order valence-corrected chi connectivity index (χ1v) is 12.6. The Morgan fingerprint density at radius 3 is 2.62 bits per heavy atom. The molecule has 0 spiro atoms. The molecule has 5 heterocycles. The number of anilines is 1. The molecule has 1 aromatic carbocycles. The second kappa shape index (κ2) is 9.43. The molecule has 0 unspecified atom stereocenters. The summed E-state index contributed by atoms with van der Waals surface area (Å²) in [6.45, 7) is 10.7. The number of nitrogens with zero attached hydrogens (tertiary/aromatic N) is 5. The van der Waals surface area contributed by atoms with E-state index >= 15 is 0 Å². The number of hydrogen-bond acceptors (Lipinski definition) is 6. The zero-order valence-corrected chi connectivity index (χ0v) is 21.9. The Morgan fingerprint density at radius 2 is 1.79 bits per heavy atom. The molecule has 3 N–H and O–H groups in total. The van der Waals surface area contributed by atoms with Crippen molar-refractivity contribution in [1.82, 2.24) is 35.1 Å². The van der Waals surface area contributed by atoms with E-state index in [1.165, 1.54) is 6.07 Å². The number of fused-ring (bicyclic) bond motifs is 2. The molecule has 0 aliphatic rings. The molecule has 0 aliphatic heterocycles. The minimum Gasteiger partial charge on any atom is -0.358 e. The van der Waals surface area contributed by atoms with Crippen molar-refractivity contribution in [2.75, 3.05) is 5.32 Å². The Balaban J connectivity index is 1.37. The van der Waals surface area contributed by atoms with Crippen LogP contribution >= 0.6 is 0 Å². The van der Waals surface area contributed by atoms with Crippen LogP contribution in [-0.2, 0) is 0 Å². The van der Waals surface area contributed by atoms with Gasteiger partial charge in [0.1, 0.15) is 22.5 Å². The third-order valence-corrected chi connectivity index (χ3v) is 6.26. The maximum Gasteiger partial charge on any atom is 0.161 e. The van der Waals surface area contributed by atoms with Gasteiger partial charge in [0.05, 0.1) is 28.6 Å². The van der Waals surface area contributed by atoms with Crippen molar-refractivity contribution < 1.29 is 4.39 Å². The van der Waals surface area contributed by atoms with E-state index in [0.29, 0.717) is 33.8 Å². The SMILES string of the molecule is C=C(CC(C)(C)C)Nc1cncc(-c2ccc3[nH]nc(-c4nc5c(-c6ccccc6F)nccc5[nH]4)c3n2)c1. The van der Waals surface area contributed by atoms with E-state index in [1.807, 2.05) is 24.3 Å². The van der Waals surface area contributed by atoms with E-state index in [0.717, 1.165) is 40.1 Å². The van der Waals surface area contributed by atoms with Gasteiger partial charge in [0.15, 0.2) is 11.5 Å². The van der Waals surface area contributed by atoms with E-state index in [1.54, 1.807) is 36.8 Å². The smallest absolute Gasteiger partial charge is 0.161 e. The Labute approximate surface area is 224 Å². The summed E-state index contributed by atoms with van der Waals surface area (Å²) in [6, 6.07) is 14.2. The summed E-state index contributed by atoms with van der Waals surface area (Å²) in [5.41, 5.74) is 7.62. The summed E-state index contributed by atoms with van der Waals surface area (Å²) in [5, 5.41) is 10.9. The lowest BCUT2D eigenvalue weighted by atomic mass is 9.91. The van der Waals surface area contributed by atoms with Crippen molar-refractivity contribution in [1.29, 1.82) is 0 Å². The molecule has 0 atom stereocenters. The van der Waals surface area contributed by atoms with Crippen molar-refractivity contribution >= 4 is 27.8 Å². The Hall–Kier alpha value is -4.92. The van der Waals surface area contributed by atoms with Gasteiger partial charge in [-0.2, -0.15) is 5.10 Å². The van der Waals surface area contributed by atoms with E-state index in [-0.39, 0.29) is 11.2 Å². The topological polar surface area (TPSA) is 108 Å². The van der Waals surface area contributed by atoms with Crippen LogP contribution in [0.3, 0.4) is 0 Å². The molecule has 5 aromatic heterocycles. The molecule has 0 amide bonds. The Bertz CT molecular complexity index is 1840. The van der Waals surface area contributed by atoms with Gasteiger partial charge in [-0.25, -0.2) is 14.4 Å². The standard InChI is InChI=1S/C30H27FN8/c1-17(14-30(2,3)4)34-19-13-18(15-32-16-19)22-9-10-24-27(35-22)28(39-38-24)29-36-23-11-12-33-25(26(23)37-29)20-7-5-6-8-21(20)31/h5-13,15-16,34H,1,14H2,2-4H3,(H,36,37)(H,38,39). The lowest BCUT2D eigenvalue weighted by molar-refractivity contribution is 0.411. The van der Waals surface area contributed by atoms with E-state index in [4.69, 9.17) is 9.97 Å². The van der Waals surface area contributed by atoms with Crippen LogP contribution in [0.15, 0.2) is 79.4 Å². The number of halogens is 1. The predicted molar refractivity (Wildman–Crippen MR) is 152 cm³/mol. The molecule has 39 heavy (non-hydrogen) atoms. The highest BCUT2D eigenvalue weighted by Gasteiger charge is 2.19. The summed E-state index contributed by atoms with van der Waals surface area (Å²) in [6.07, 6.45) is 6.02. The number of benzene rings is 1. The second-order valence-corrected chi connectivity index (χ2v) is 10.7. The van der Waals surface area contributed by atoms with Crippen LogP contribution in [0.5, 0.6) is 0 Å². The number of nitrogens with one attached hydrogen (secondary N) is 3. The summed E-state index contributed by atoms with van der Waals surface area (Å²) in [7, 11) is 0. The van der Waals surface area contributed by atoms with Gasteiger partial charge in [0.2, 0.25) is 0 Å². The summed E-state index contributed by atoms with van der Waals surface area (Å²) < 4.78 is 14.5. The number of aromatic nitrogens is 7. The maximum atomic E-state index is 14.5. The van der Waals surface area contributed by atoms with Crippen molar-refractivity contribution in [2.45, 2.75) is 27.2 Å². The van der Waals surface area contributed by atoms with Gasteiger partial charge in [-0.05, 0) is 48.2 Å². The number of aromatic amines is 2. The molecule has 9 heteroatoms. The molecule has 0 saturated carbocycles. The lowest BCUT2D eigenvalue weighted by Crippen LogP contribution is -2.10. The van der Waals surface area contributed by atoms with E-state index in [2.05, 4.69) is 57.8 Å². The molecule has 0 saturated heterocycles. The Kier molecular flexibility index (Phi) is 5.91. The van der Waals surface area contributed by atoms with E-state index < -0.39 is 0 Å². The zero-order chi connectivity index (χ0) is 27.1. The molecule has 8 nitrogen and oxygen atoms in total.